The maximum absolute atomic E-state index is 13.2. The van der Waals surface area contributed by atoms with Crippen molar-refractivity contribution < 1.29 is 23.6 Å². The summed E-state index contributed by atoms with van der Waals surface area (Å²) in [5.74, 6) is -2.37. The molecule has 3 atom stereocenters. The summed E-state index contributed by atoms with van der Waals surface area (Å²) in [7, 11) is 0. The smallest absolute Gasteiger partial charge is 0.245 e. The highest BCUT2D eigenvalue weighted by atomic mass is 19.1. The second kappa shape index (κ2) is 10.1. The molecule has 1 aromatic rings. The molecule has 2 fully saturated rings. The predicted octanol–water partition coefficient (Wildman–Crippen LogP) is 1.43. The molecule has 0 spiro atoms. The Balaban J connectivity index is 1.65. The lowest BCUT2D eigenvalue weighted by Gasteiger charge is -2.35. The van der Waals surface area contributed by atoms with Gasteiger partial charge in [-0.15, -0.1) is 0 Å². The Morgan fingerprint density at radius 3 is 2.34 bits per heavy atom. The molecule has 0 saturated carbocycles. The van der Waals surface area contributed by atoms with Crippen molar-refractivity contribution in [1.29, 1.82) is 0 Å². The summed E-state index contributed by atoms with van der Waals surface area (Å²) in [5, 5.41) is 2.88. The standard InChI is InChI=1S/C23H31FN4O4/c1-3-14(2)20(23(32)27-10-8-15(9-11-27)21(25)30)26-22(31)16-12-19(29)28(13-16)18-6-4-17(24)5-7-18/h4-7,14-16,20H,3,8-13H2,1-2H3,(H2,25,30)(H,26,31)/t14-,16+,20-/m0/s1. The third-order valence-electron chi connectivity index (χ3n) is 6.62. The highest BCUT2D eigenvalue weighted by molar-refractivity contribution is 6.01. The SMILES string of the molecule is CC[C@H](C)[C@H](NC(=O)[C@@H]1CC(=O)N(c2ccc(F)cc2)C1)C(=O)N1CCC(C(N)=O)CC1. The fourth-order valence-electron chi connectivity index (χ4n) is 4.29. The van der Waals surface area contributed by atoms with E-state index in [9.17, 15) is 23.6 Å². The second-order valence-corrected chi connectivity index (χ2v) is 8.76. The molecule has 9 heteroatoms. The quantitative estimate of drug-likeness (QED) is 0.660. The topological polar surface area (TPSA) is 113 Å². The molecule has 2 aliphatic rings. The number of primary amides is 1. The number of hydrogen-bond acceptors (Lipinski definition) is 4. The van der Waals surface area contributed by atoms with Gasteiger partial charge >= 0.3 is 0 Å². The molecule has 32 heavy (non-hydrogen) atoms. The van der Waals surface area contributed by atoms with E-state index in [-0.39, 0.29) is 48.4 Å². The number of amides is 4. The maximum Gasteiger partial charge on any atom is 0.245 e. The first-order valence-electron chi connectivity index (χ1n) is 11.2. The number of likely N-dealkylation sites (tertiary alicyclic amines) is 1. The Morgan fingerprint density at radius 2 is 1.78 bits per heavy atom. The Kier molecular flexibility index (Phi) is 7.48. The normalized spacial score (nSPS) is 21.3. The lowest BCUT2D eigenvalue weighted by molar-refractivity contribution is -0.141. The zero-order valence-corrected chi connectivity index (χ0v) is 18.6. The summed E-state index contributed by atoms with van der Waals surface area (Å²) in [6.07, 6.45) is 1.77. The number of carbonyl (C=O) groups is 4. The number of hydrogen-bond donors (Lipinski definition) is 2. The van der Waals surface area contributed by atoms with E-state index in [2.05, 4.69) is 5.32 Å². The molecule has 0 aromatic heterocycles. The number of carbonyl (C=O) groups excluding carboxylic acids is 4. The van der Waals surface area contributed by atoms with E-state index in [1.165, 1.54) is 29.2 Å². The van der Waals surface area contributed by atoms with E-state index in [0.717, 1.165) is 0 Å². The van der Waals surface area contributed by atoms with Crippen LogP contribution in [-0.4, -0.2) is 54.2 Å². The molecule has 174 valence electrons. The second-order valence-electron chi connectivity index (χ2n) is 8.76. The Morgan fingerprint density at radius 1 is 1.16 bits per heavy atom. The van der Waals surface area contributed by atoms with Crippen molar-refractivity contribution in [3.63, 3.8) is 0 Å². The molecule has 1 aromatic carbocycles. The maximum atomic E-state index is 13.2. The monoisotopic (exact) mass is 446 g/mol. The number of nitrogens with two attached hydrogens (primary N) is 1. The van der Waals surface area contributed by atoms with Gasteiger partial charge in [0.25, 0.3) is 0 Å². The van der Waals surface area contributed by atoms with E-state index in [1.807, 2.05) is 13.8 Å². The van der Waals surface area contributed by atoms with Crippen LogP contribution in [0.5, 0.6) is 0 Å². The Hall–Kier alpha value is -2.97. The van der Waals surface area contributed by atoms with Gasteiger partial charge in [0.05, 0.1) is 5.92 Å². The van der Waals surface area contributed by atoms with Gasteiger partial charge in [-0.1, -0.05) is 20.3 Å². The average molecular weight is 447 g/mol. The van der Waals surface area contributed by atoms with Crippen LogP contribution < -0.4 is 16.0 Å². The van der Waals surface area contributed by atoms with Gasteiger partial charge in [0.2, 0.25) is 23.6 Å². The van der Waals surface area contributed by atoms with Gasteiger partial charge in [-0.2, -0.15) is 0 Å². The summed E-state index contributed by atoms with van der Waals surface area (Å²) in [4.78, 5) is 53.2. The summed E-state index contributed by atoms with van der Waals surface area (Å²) in [5.41, 5.74) is 5.92. The zero-order chi connectivity index (χ0) is 23.4. The number of nitrogens with zero attached hydrogens (tertiary/aromatic N) is 2. The number of anilines is 1. The van der Waals surface area contributed by atoms with Gasteiger partial charge in [-0.25, -0.2) is 4.39 Å². The highest BCUT2D eigenvalue weighted by Crippen LogP contribution is 2.26. The van der Waals surface area contributed by atoms with Crippen LogP contribution in [0.25, 0.3) is 0 Å². The van der Waals surface area contributed by atoms with Crippen molar-refractivity contribution in [2.75, 3.05) is 24.5 Å². The van der Waals surface area contributed by atoms with Gasteiger partial charge < -0.3 is 20.9 Å². The van der Waals surface area contributed by atoms with E-state index < -0.39 is 17.8 Å². The lowest BCUT2D eigenvalue weighted by atomic mass is 9.93. The van der Waals surface area contributed by atoms with E-state index in [1.54, 1.807) is 4.90 Å². The third kappa shape index (κ3) is 5.26. The van der Waals surface area contributed by atoms with Crippen LogP contribution in [0.2, 0.25) is 0 Å². The van der Waals surface area contributed by atoms with Crippen molar-refractivity contribution in [2.24, 2.45) is 23.5 Å². The minimum atomic E-state index is -0.701. The molecule has 0 bridgehead atoms. The van der Waals surface area contributed by atoms with Crippen LogP contribution in [0.15, 0.2) is 24.3 Å². The fraction of sp³-hybridized carbons (Fsp3) is 0.565. The van der Waals surface area contributed by atoms with Crippen molar-refractivity contribution in [2.45, 2.75) is 45.6 Å². The van der Waals surface area contributed by atoms with E-state index in [4.69, 9.17) is 5.73 Å². The average Bonchev–Trinajstić information content (AvgIpc) is 3.18. The van der Waals surface area contributed by atoms with Crippen molar-refractivity contribution >= 4 is 29.3 Å². The largest absolute Gasteiger partial charge is 0.369 e. The molecule has 0 aliphatic carbocycles. The van der Waals surface area contributed by atoms with Gasteiger partial charge in [0, 0.05) is 37.7 Å². The van der Waals surface area contributed by atoms with Crippen LogP contribution >= 0.6 is 0 Å². The van der Waals surface area contributed by atoms with Gasteiger partial charge in [-0.05, 0) is 43.0 Å². The molecule has 0 unspecified atom stereocenters. The zero-order valence-electron chi connectivity index (χ0n) is 18.6. The first-order valence-corrected chi connectivity index (χ1v) is 11.2. The molecule has 2 saturated heterocycles. The number of piperidine rings is 1. The van der Waals surface area contributed by atoms with Crippen molar-refractivity contribution in [1.82, 2.24) is 10.2 Å². The summed E-state index contributed by atoms with van der Waals surface area (Å²) < 4.78 is 13.2. The fourth-order valence-corrected chi connectivity index (χ4v) is 4.29. The minimum absolute atomic E-state index is 0.0363. The molecule has 4 amide bonds. The molecule has 2 heterocycles. The van der Waals surface area contributed by atoms with Gasteiger partial charge in [0.1, 0.15) is 11.9 Å². The van der Waals surface area contributed by atoms with Crippen LogP contribution in [0.1, 0.15) is 39.5 Å². The van der Waals surface area contributed by atoms with Crippen molar-refractivity contribution in [3.8, 4) is 0 Å². The van der Waals surface area contributed by atoms with E-state index in [0.29, 0.717) is 38.0 Å². The lowest BCUT2D eigenvalue weighted by Crippen LogP contribution is -2.55. The Labute approximate surface area is 187 Å². The molecule has 3 rings (SSSR count). The molecule has 8 nitrogen and oxygen atoms in total. The van der Waals surface area contributed by atoms with Crippen LogP contribution in [0, 0.1) is 23.6 Å². The molecule has 0 radical (unpaired) electrons. The van der Waals surface area contributed by atoms with E-state index >= 15 is 0 Å². The summed E-state index contributed by atoms with van der Waals surface area (Å²) >= 11 is 0. The highest BCUT2D eigenvalue weighted by Gasteiger charge is 2.39. The summed E-state index contributed by atoms with van der Waals surface area (Å²) in [6, 6.07) is 4.86. The third-order valence-corrected chi connectivity index (χ3v) is 6.62. The minimum Gasteiger partial charge on any atom is -0.369 e. The number of benzene rings is 1. The van der Waals surface area contributed by atoms with Crippen molar-refractivity contribution in [3.05, 3.63) is 30.1 Å². The van der Waals surface area contributed by atoms with Crippen LogP contribution in [0.3, 0.4) is 0 Å². The Bertz CT molecular complexity index is 867. The molecular formula is C23H31FN4O4. The number of rotatable bonds is 7. The predicted molar refractivity (Wildman–Crippen MR) is 117 cm³/mol. The number of nitrogens with one attached hydrogen (secondary N) is 1. The molecular weight excluding hydrogens is 415 g/mol. The molecule has 2 aliphatic heterocycles. The van der Waals surface area contributed by atoms with Crippen LogP contribution in [-0.2, 0) is 19.2 Å². The first kappa shape index (κ1) is 23.7. The van der Waals surface area contributed by atoms with Gasteiger partial charge in [0.15, 0.2) is 0 Å². The number of halogens is 1. The van der Waals surface area contributed by atoms with Crippen LogP contribution in [0.4, 0.5) is 10.1 Å². The first-order chi connectivity index (χ1) is 15.2. The molecule has 3 N–H and O–H groups in total. The summed E-state index contributed by atoms with van der Waals surface area (Å²) in [6.45, 7) is 4.89. The van der Waals surface area contributed by atoms with Gasteiger partial charge in [-0.3, -0.25) is 19.2 Å².